The third kappa shape index (κ3) is 4.18. The number of carbonyl (C=O) groups excluding carboxylic acids is 1. The fourth-order valence-electron chi connectivity index (χ4n) is 3.22. The van der Waals surface area contributed by atoms with Gasteiger partial charge < -0.3 is 14.8 Å². The van der Waals surface area contributed by atoms with Crippen molar-refractivity contribution in [2.75, 3.05) is 14.2 Å². The zero-order valence-electron chi connectivity index (χ0n) is 15.0. The molecule has 1 saturated carbocycles. The van der Waals surface area contributed by atoms with Crippen LogP contribution < -0.4 is 14.8 Å². The van der Waals surface area contributed by atoms with Crippen molar-refractivity contribution in [3.05, 3.63) is 59.2 Å². The van der Waals surface area contributed by atoms with Gasteiger partial charge in [0.25, 0.3) is 0 Å². The lowest BCUT2D eigenvalue weighted by atomic mass is 10.0. The molecule has 144 valence electrons. The summed E-state index contributed by atoms with van der Waals surface area (Å²) in [6.45, 7) is 0.267. The Balaban J connectivity index is 1.63. The van der Waals surface area contributed by atoms with E-state index in [1.807, 2.05) is 0 Å². The highest BCUT2D eigenvalue weighted by Crippen LogP contribution is 2.51. The monoisotopic (exact) mass is 379 g/mol. The van der Waals surface area contributed by atoms with Crippen LogP contribution in [0.25, 0.3) is 0 Å². The molecule has 1 aliphatic rings. The fourth-order valence-corrected chi connectivity index (χ4v) is 3.22. The maximum atomic E-state index is 13.1. The molecule has 1 fully saturated rings. The highest BCUT2D eigenvalue weighted by atomic mass is 19.4. The molecule has 2 unspecified atom stereocenters. The summed E-state index contributed by atoms with van der Waals surface area (Å²) in [5.74, 6) is 0.0554. The van der Waals surface area contributed by atoms with Gasteiger partial charge in [-0.3, -0.25) is 4.79 Å². The van der Waals surface area contributed by atoms with Gasteiger partial charge in [-0.2, -0.15) is 13.2 Å². The topological polar surface area (TPSA) is 47.6 Å². The number of amides is 1. The molecule has 3 rings (SSSR count). The highest BCUT2D eigenvalue weighted by Gasteiger charge is 2.47. The van der Waals surface area contributed by atoms with Gasteiger partial charge in [-0.25, -0.2) is 0 Å². The number of carbonyl (C=O) groups is 1. The Bertz CT molecular complexity index is 835. The molecule has 0 spiro atoms. The van der Waals surface area contributed by atoms with Crippen LogP contribution in [0.3, 0.4) is 0 Å². The van der Waals surface area contributed by atoms with Gasteiger partial charge in [0.05, 0.1) is 19.8 Å². The van der Waals surface area contributed by atoms with Gasteiger partial charge in [-0.15, -0.1) is 0 Å². The molecule has 2 aromatic carbocycles. The molecule has 0 radical (unpaired) electrons. The van der Waals surface area contributed by atoms with Gasteiger partial charge in [0.2, 0.25) is 5.91 Å². The van der Waals surface area contributed by atoms with Gasteiger partial charge in [0.15, 0.2) is 11.5 Å². The van der Waals surface area contributed by atoms with E-state index in [0.29, 0.717) is 17.9 Å². The zero-order valence-corrected chi connectivity index (χ0v) is 15.0. The Hall–Kier alpha value is -2.70. The Labute approximate surface area is 155 Å². The molecule has 7 heteroatoms. The number of benzene rings is 2. The van der Waals surface area contributed by atoms with Crippen molar-refractivity contribution in [3.8, 4) is 11.5 Å². The Kier molecular flexibility index (Phi) is 5.30. The first-order valence-corrected chi connectivity index (χ1v) is 8.50. The van der Waals surface area contributed by atoms with E-state index >= 15 is 0 Å². The molecule has 1 N–H and O–H groups in total. The molecule has 1 aliphatic carbocycles. The van der Waals surface area contributed by atoms with Gasteiger partial charge >= 0.3 is 6.18 Å². The van der Waals surface area contributed by atoms with Crippen LogP contribution in [-0.4, -0.2) is 20.1 Å². The van der Waals surface area contributed by atoms with Gasteiger partial charge in [0.1, 0.15) is 0 Å². The van der Waals surface area contributed by atoms with E-state index < -0.39 is 23.6 Å². The quantitative estimate of drug-likeness (QED) is 0.821. The minimum Gasteiger partial charge on any atom is -0.493 e. The van der Waals surface area contributed by atoms with Crippen molar-refractivity contribution in [1.29, 1.82) is 0 Å². The van der Waals surface area contributed by atoms with Crippen LogP contribution in [0.1, 0.15) is 29.0 Å². The molecule has 0 aromatic heterocycles. The minimum absolute atomic E-state index is 0.191. The van der Waals surface area contributed by atoms with E-state index in [1.165, 1.54) is 26.4 Å². The number of alkyl halides is 3. The number of rotatable bonds is 6. The largest absolute Gasteiger partial charge is 0.493 e. The molecule has 2 atom stereocenters. The average Bonchev–Trinajstić information content (AvgIpc) is 3.46. The van der Waals surface area contributed by atoms with Crippen LogP contribution in [-0.2, 0) is 17.5 Å². The van der Waals surface area contributed by atoms with E-state index in [0.717, 1.165) is 11.6 Å². The van der Waals surface area contributed by atoms with E-state index in [-0.39, 0.29) is 18.0 Å². The Morgan fingerprint density at radius 2 is 1.81 bits per heavy atom. The third-order valence-corrected chi connectivity index (χ3v) is 4.71. The summed E-state index contributed by atoms with van der Waals surface area (Å²) >= 11 is 0. The van der Waals surface area contributed by atoms with Crippen molar-refractivity contribution in [3.63, 3.8) is 0 Å². The lowest BCUT2D eigenvalue weighted by Crippen LogP contribution is -2.25. The molecule has 1 amide bonds. The third-order valence-electron chi connectivity index (χ3n) is 4.71. The summed E-state index contributed by atoms with van der Waals surface area (Å²) < 4.78 is 49.8. The lowest BCUT2D eigenvalue weighted by Gasteiger charge is -2.13. The number of halogens is 3. The molecule has 0 heterocycles. The van der Waals surface area contributed by atoms with Crippen LogP contribution in [0.2, 0.25) is 0 Å². The standard InChI is InChI=1S/C20H20F3NO3/c1-26-17-8-7-12(9-18(17)27-2)11-24-19(25)15-10-14(15)13-5-3-4-6-16(13)20(21,22)23/h3-9,14-15H,10-11H2,1-2H3,(H,24,25). The number of hydrogen-bond donors (Lipinski definition) is 1. The molecule has 0 saturated heterocycles. The zero-order chi connectivity index (χ0) is 19.6. The molecule has 4 nitrogen and oxygen atoms in total. The maximum Gasteiger partial charge on any atom is 0.416 e. The van der Waals surface area contributed by atoms with Crippen molar-refractivity contribution >= 4 is 5.91 Å². The summed E-state index contributed by atoms with van der Waals surface area (Å²) in [4.78, 5) is 12.4. The van der Waals surface area contributed by atoms with Crippen LogP contribution >= 0.6 is 0 Å². The number of hydrogen-bond acceptors (Lipinski definition) is 3. The summed E-state index contributed by atoms with van der Waals surface area (Å²) in [6.07, 6.45) is -4.00. The average molecular weight is 379 g/mol. The molecule has 0 aliphatic heterocycles. The predicted octanol–water partition coefficient (Wildman–Crippen LogP) is 4.14. The van der Waals surface area contributed by atoms with Crippen molar-refractivity contribution in [2.24, 2.45) is 5.92 Å². The molecule has 2 aromatic rings. The first kappa shape index (κ1) is 19.1. The smallest absolute Gasteiger partial charge is 0.416 e. The summed E-state index contributed by atoms with van der Waals surface area (Å²) in [6, 6.07) is 10.7. The highest BCUT2D eigenvalue weighted by molar-refractivity contribution is 5.83. The van der Waals surface area contributed by atoms with Gasteiger partial charge in [0, 0.05) is 12.5 Å². The van der Waals surface area contributed by atoms with Crippen molar-refractivity contribution in [1.82, 2.24) is 5.32 Å². The molecule has 27 heavy (non-hydrogen) atoms. The number of methoxy groups -OCH3 is 2. The Morgan fingerprint density at radius 1 is 1.11 bits per heavy atom. The number of nitrogens with one attached hydrogen (secondary N) is 1. The van der Waals surface area contributed by atoms with Crippen LogP contribution in [0, 0.1) is 5.92 Å². The van der Waals surface area contributed by atoms with Gasteiger partial charge in [-0.1, -0.05) is 24.3 Å². The van der Waals surface area contributed by atoms with E-state index in [9.17, 15) is 18.0 Å². The second-order valence-electron chi connectivity index (χ2n) is 6.44. The van der Waals surface area contributed by atoms with E-state index in [2.05, 4.69) is 5.32 Å². The fraction of sp³-hybridized carbons (Fsp3) is 0.350. The SMILES string of the molecule is COc1ccc(CNC(=O)C2CC2c2ccccc2C(F)(F)F)cc1OC. The van der Waals surface area contributed by atoms with E-state index in [4.69, 9.17) is 9.47 Å². The lowest BCUT2D eigenvalue weighted by molar-refractivity contribution is -0.138. The first-order chi connectivity index (χ1) is 12.8. The maximum absolute atomic E-state index is 13.1. The second kappa shape index (κ2) is 7.50. The number of ether oxygens (including phenoxy) is 2. The van der Waals surface area contributed by atoms with Crippen molar-refractivity contribution < 1.29 is 27.4 Å². The molecular weight excluding hydrogens is 359 g/mol. The van der Waals surface area contributed by atoms with Crippen LogP contribution in [0.15, 0.2) is 42.5 Å². The van der Waals surface area contributed by atoms with Crippen LogP contribution in [0.5, 0.6) is 11.5 Å². The Morgan fingerprint density at radius 3 is 2.48 bits per heavy atom. The van der Waals surface area contributed by atoms with Gasteiger partial charge in [-0.05, 0) is 41.7 Å². The minimum atomic E-state index is -4.42. The second-order valence-corrected chi connectivity index (χ2v) is 6.44. The van der Waals surface area contributed by atoms with E-state index in [1.54, 1.807) is 24.3 Å². The van der Waals surface area contributed by atoms with Crippen LogP contribution in [0.4, 0.5) is 13.2 Å². The normalized spacial score (nSPS) is 18.7. The molecule has 0 bridgehead atoms. The summed E-state index contributed by atoms with van der Waals surface area (Å²) in [5, 5.41) is 2.79. The predicted molar refractivity (Wildman–Crippen MR) is 93.7 cm³/mol. The summed E-state index contributed by atoms with van der Waals surface area (Å²) in [7, 11) is 3.05. The first-order valence-electron chi connectivity index (χ1n) is 8.50. The summed E-state index contributed by atoms with van der Waals surface area (Å²) in [5.41, 5.74) is 0.343. The van der Waals surface area contributed by atoms with Crippen molar-refractivity contribution in [2.45, 2.75) is 25.1 Å². The molecular formula is C20H20F3NO3.